The summed E-state index contributed by atoms with van der Waals surface area (Å²) in [6.45, 7) is 3.78. The molecule has 5 heteroatoms. The molecule has 3 heterocycles. The van der Waals surface area contributed by atoms with E-state index in [9.17, 15) is 4.79 Å². The number of carbonyl (C=O) groups is 1. The number of carbonyl (C=O) groups excluding carboxylic acids is 1. The summed E-state index contributed by atoms with van der Waals surface area (Å²) < 4.78 is 1.94. The number of likely N-dealkylation sites (tertiary alicyclic amines) is 1. The molecule has 1 aliphatic heterocycles. The second-order valence-electron chi connectivity index (χ2n) is 5.65. The smallest absolute Gasteiger partial charge is 0.228 e. The van der Waals surface area contributed by atoms with Crippen LogP contribution < -0.4 is 0 Å². The molecule has 2 aromatic heterocycles. The van der Waals surface area contributed by atoms with Crippen LogP contribution >= 0.6 is 11.3 Å². The van der Waals surface area contributed by atoms with Gasteiger partial charge in [0.2, 0.25) is 5.91 Å². The Labute approximate surface area is 129 Å². The number of amides is 1. The molecule has 0 radical (unpaired) electrons. The number of aromatic nitrogens is 2. The van der Waals surface area contributed by atoms with Crippen molar-refractivity contribution in [2.75, 3.05) is 6.54 Å². The van der Waals surface area contributed by atoms with Gasteiger partial charge in [-0.05, 0) is 44.4 Å². The van der Waals surface area contributed by atoms with Gasteiger partial charge in [0.1, 0.15) is 0 Å². The van der Waals surface area contributed by atoms with E-state index < -0.39 is 0 Å². The van der Waals surface area contributed by atoms with Crippen LogP contribution in [0.2, 0.25) is 0 Å². The van der Waals surface area contributed by atoms with Crippen LogP contribution in [-0.4, -0.2) is 33.2 Å². The van der Waals surface area contributed by atoms with E-state index in [2.05, 4.69) is 29.1 Å². The first-order chi connectivity index (χ1) is 10.2. The molecule has 1 atom stereocenters. The largest absolute Gasteiger partial charge is 0.338 e. The van der Waals surface area contributed by atoms with Crippen LogP contribution in [0.25, 0.3) is 0 Å². The highest BCUT2D eigenvalue weighted by molar-refractivity contribution is 7.12. The Bertz CT molecular complexity index is 590. The van der Waals surface area contributed by atoms with Gasteiger partial charge >= 0.3 is 0 Å². The van der Waals surface area contributed by atoms with Crippen LogP contribution in [0, 0.1) is 6.92 Å². The van der Waals surface area contributed by atoms with E-state index in [4.69, 9.17) is 0 Å². The van der Waals surface area contributed by atoms with Crippen molar-refractivity contribution >= 4 is 17.2 Å². The minimum atomic E-state index is 0.258. The molecule has 4 nitrogen and oxygen atoms in total. The second-order valence-corrected chi connectivity index (χ2v) is 7.03. The molecule has 1 amide bonds. The van der Waals surface area contributed by atoms with Crippen molar-refractivity contribution in [2.45, 2.75) is 45.2 Å². The van der Waals surface area contributed by atoms with Crippen molar-refractivity contribution in [2.24, 2.45) is 0 Å². The van der Waals surface area contributed by atoms with Crippen LogP contribution in [0.15, 0.2) is 30.6 Å². The normalized spacial score (nSPS) is 18.9. The highest BCUT2D eigenvalue weighted by atomic mass is 32.1. The summed E-state index contributed by atoms with van der Waals surface area (Å²) in [5.41, 5.74) is 0. The zero-order chi connectivity index (χ0) is 14.7. The van der Waals surface area contributed by atoms with E-state index in [0.717, 1.165) is 25.9 Å². The van der Waals surface area contributed by atoms with E-state index >= 15 is 0 Å². The van der Waals surface area contributed by atoms with Gasteiger partial charge in [-0.2, -0.15) is 5.10 Å². The lowest BCUT2D eigenvalue weighted by Crippen LogP contribution is -2.46. The number of piperidine rings is 1. The van der Waals surface area contributed by atoms with Gasteiger partial charge in [-0.25, -0.2) is 0 Å². The lowest BCUT2D eigenvalue weighted by atomic mass is 10.0. The molecular formula is C16H21N3OS. The highest BCUT2D eigenvalue weighted by Gasteiger charge is 2.27. The third-order valence-corrected chi connectivity index (χ3v) is 5.03. The van der Waals surface area contributed by atoms with Gasteiger partial charge < -0.3 is 4.90 Å². The fraction of sp³-hybridized carbons (Fsp3) is 0.500. The van der Waals surface area contributed by atoms with Gasteiger partial charge in [0.15, 0.2) is 0 Å². The van der Waals surface area contributed by atoms with Gasteiger partial charge in [0.25, 0.3) is 0 Å². The first kappa shape index (κ1) is 14.3. The predicted molar refractivity (Wildman–Crippen MR) is 84.3 cm³/mol. The molecule has 0 spiro atoms. The maximum Gasteiger partial charge on any atom is 0.228 e. The van der Waals surface area contributed by atoms with Crippen LogP contribution in [0.1, 0.15) is 29.0 Å². The number of nitrogens with zero attached hydrogens (tertiary/aromatic N) is 3. The minimum Gasteiger partial charge on any atom is -0.338 e. The van der Waals surface area contributed by atoms with Crippen LogP contribution in [0.4, 0.5) is 0 Å². The van der Waals surface area contributed by atoms with Gasteiger partial charge in [0, 0.05) is 28.7 Å². The van der Waals surface area contributed by atoms with Crippen molar-refractivity contribution < 1.29 is 4.79 Å². The summed E-state index contributed by atoms with van der Waals surface area (Å²) in [7, 11) is 0. The SMILES string of the molecule is Cc1ccc(CC(=O)N2CCCCC2Cn2cccn2)s1. The molecule has 1 saturated heterocycles. The quantitative estimate of drug-likeness (QED) is 0.871. The Balaban J connectivity index is 1.66. The molecule has 1 fully saturated rings. The maximum absolute atomic E-state index is 12.6. The number of rotatable bonds is 4. The zero-order valence-electron chi connectivity index (χ0n) is 12.4. The highest BCUT2D eigenvalue weighted by Crippen LogP contribution is 2.22. The fourth-order valence-corrected chi connectivity index (χ4v) is 3.86. The van der Waals surface area contributed by atoms with Gasteiger partial charge in [0.05, 0.1) is 19.0 Å². The summed E-state index contributed by atoms with van der Waals surface area (Å²) in [4.78, 5) is 17.1. The van der Waals surface area contributed by atoms with Crippen LogP contribution in [0.5, 0.6) is 0 Å². The average Bonchev–Trinajstić information content (AvgIpc) is 3.11. The lowest BCUT2D eigenvalue weighted by molar-refractivity contribution is -0.134. The summed E-state index contributed by atoms with van der Waals surface area (Å²) in [6, 6.07) is 6.38. The maximum atomic E-state index is 12.6. The first-order valence-corrected chi connectivity index (χ1v) is 8.36. The molecule has 0 bridgehead atoms. The molecule has 3 rings (SSSR count). The van der Waals surface area contributed by atoms with Crippen molar-refractivity contribution in [1.29, 1.82) is 0 Å². The van der Waals surface area contributed by atoms with E-state index in [1.165, 1.54) is 16.2 Å². The minimum absolute atomic E-state index is 0.258. The number of hydrogen-bond acceptors (Lipinski definition) is 3. The first-order valence-electron chi connectivity index (χ1n) is 7.54. The molecule has 0 aromatic carbocycles. The van der Waals surface area contributed by atoms with Crippen LogP contribution in [-0.2, 0) is 17.8 Å². The van der Waals surface area contributed by atoms with Crippen molar-refractivity contribution in [3.05, 3.63) is 40.3 Å². The molecule has 1 aliphatic rings. The number of thiophene rings is 1. The fourth-order valence-electron chi connectivity index (χ4n) is 2.97. The Morgan fingerprint density at radius 3 is 3.05 bits per heavy atom. The second kappa shape index (κ2) is 6.43. The molecule has 112 valence electrons. The number of hydrogen-bond donors (Lipinski definition) is 0. The van der Waals surface area contributed by atoms with Crippen molar-refractivity contribution in [3.63, 3.8) is 0 Å². The van der Waals surface area contributed by atoms with E-state index in [1.54, 1.807) is 17.5 Å². The average molecular weight is 303 g/mol. The standard InChI is InChI=1S/C16H21N3OS/c1-13-6-7-15(21-13)11-16(20)19-10-3-2-5-14(19)12-18-9-4-8-17-18/h4,6-9,14H,2-3,5,10-12H2,1H3. The van der Waals surface area contributed by atoms with Crippen molar-refractivity contribution in [1.82, 2.24) is 14.7 Å². The summed E-state index contributed by atoms with van der Waals surface area (Å²) in [5, 5.41) is 4.27. The Hall–Kier alpha value is -1.62. The molecular weight excluding hydrogens is 282 g/mol. The van der Waals surface area contributed by atoms with E-state index in [-0.39, 0.29) is 11.9 Å². The topological polar surface area (TPSA) is 38.1 Å². The van der Waals surface area contributed by atoms with Crippen LogP contribution in [0.3, 0.4) is 0 Å². The molecule has 21 heavy (non-hydrogen) atoms. The summed E-state index contributed by atoms with van der Waals surface area (Å²) >= 11 is 1.72. The lowest BCUT2D eigenvalue weighted by Gasteiger charge is -2.35. The monoisotopic (exact) mass is 303 g/mol. The number of aryl methyl sites for hydroxylation is 1. The third-order valence-electron chi connectivity index (χ3n) is 4.03. The Morgan fingerprint density at radius 1 is 1.43 bits per heavy atom. The molecule has 0 aliphatic carbocycles. The van der Waals surface area contributed by atoms with E-state index in [0.29, 0.717) is 6.42 Å². The van der Waals surface area contributed by atoms with Crippen molar-refractivity contribution in [3.8, 4) is 0 Å². The zero-order valence-corrected chi connectivity index (χ0v) is 13.2. The Kier molecular flexibility index (Phi) is 4.39. The molecule has 0 saturated carbocycles. The Morgan fingerprint density at radius 2 is 2.33 bits per heavy atom. The predicted octanol–water partition coefficient (Wildman–Crippen LogP) is 2.88. The third kappa shape index (κ3) is 3.53. The van der Waals surface area contributed by atoms with Gasteiger partial charge in [-0.15, -0.1) is 11.3 Å². The van der Waals surface area contributed by atoms with E-state index in [1.807, 2.05) is 16.9 Å². The summed E-state index contributed by atoms with van der Waals surface area (Å²) in [6.07, 6.45) is 7.70. The molecule has 0 N–H and O–H groups in total. The van der Waals surface area contributed by atoms with Gasteiger partial charge in [-0.1, -0.05) is 0 Å². The molecule has 1 unspecified atom stereocenters. The molecule has 2 aromatic rings. The van der Waals surface area contributed by atoms with Gasteiger partial charge in [-0.3, -0.25) is 9.48 Å². The summed E-state index contributed by atoms with van der Waals surface area (Å²) in [5.74, 6) is 0.258.